The van der Waals surface area contributed by atoms with Gasteiger partial charge >= 0.3 is 0 Å². The molecule has 3 nitrogen and oxygen atoms in total. The predicted molar refractivity (Wildman–Crippen MR) is 84.3 cm³/mol. The number of hydrogen-bond acceptors (Lipinski definition) is 4. The summed E-state index contributed by atoms with van der Waals surface area (Å²) in [6, 6.07) is 8.39. The van der Waals surface area contributed by atoms with E-state index in [1.807, 2.05) is 19.9 Å². The third kappa shape index (κ3) is 3.00. The third-order valence-electron chi connectivity index (χ3n) is 3.34. The first-order valence-corrected chi connectivity index (χ1v) is 7.48. The summed E-state index contributed by atoms with van der Waals surface area (Å²) in [5, 5.41) is 14.7. The number of nitriles is 1. The smallest absolute Gasteiger partial charge is 0.144 e. The molecular formula is C16H19N3S. The van der Waals surface area contributed by atoms with E-state index in [9.17, 15) is 5.26 Å². The van der Waals surface area contributed by atoms with Gasteiger partial charge in [-0.3, -0.25) is 0 Å². The number of nitrogens with zero attached hydrogens (tertiary/aromatic N) is 2. The molecule has 1 N–H and O–H groups in total. The standard InChI is InChI=1S/C16H19N3S/c1-11-8-12(2)19-15(13(11)9-17)18-10-16(3,4)14-6-5-7-20-14/h5-8H,10H2,1-4H3,(H,18,19). The zero-order chi connectivity index (χ0) is 14.8. The average molecular weight is 285 g/mol. The first-order chi connectivity index (χ1) is 9.44. The van der Waals surface area contributed by atoms with Gasteiger partial charge in [0.15, 0.2) is 0 Å². The first kappa shape index (κ1) is 14.5. The average Bonchev–Trinajstić information content (AvgIpc) is 2.90. The van der Waals surface area contributed by atoms with Crippen molar-refractivity contribution in [3.05, 3.63) is 45.3 Å². The monoisotopic (exact) mass is 285 g/mol. The van der Waals surface area contributed by atoms with Crippen LogP contribution < -0.4 is 5.32 Å². The molecule has 104 valence electrons. The van der Waals surface area contributed by atoms with Crippen molar-refractivity contribution in [2.24, 2.45) is 0 Å². The van der Waals surface area contributed by atoms with Crippen LogP contribution in [0.2, 0.25) is 0 Å². The summed E-state index contributed by atoms with van der Waals surface area (Å²) in [7, 11) is 0. The summed E-state index contributed by atoms with van der Waals surface area (Å²) in [5.74, 6) is 0.689. The number of rotatable bonds is 4. The topological polar surface area (TPSA) is 48.7 Å². The Kier molecular flexibility index (Phi) is 4.10. The Balaban J connectivity index is 2.22. The van der Waals surface area contributed by atoms with Crippen molar-refractivity contribution in [2.45, 2.75) is 33.1 Å². The molecule has 0 saturated heterocycles. The number of pyridine rings is 1. The fraction of sp³-hybridized carbons (Fsp3) is 0.375. The van der Waals surface area contributed by atoms with Crippen molar-refractivity contribution in [2.75, 3.05) is 11.9 Å². The second-order valence-corrected chi connectivity index (χ2v) is 6.58. The van der Waals surface area contributed by atoms with E-state index in [-0.39, 0.29) is 5.41 Å². The van der Waals surface area contributed by atoms with Crippen molar-refractivity contribution in [1.82, 2.24) is 4.98 Å². The number of thiophene rings is 1. The maximum Gasteiger partial charge on any atom is 0.144 e. The van der Waals surface area contributed by atoms with Crippen LogP contribution >= 0.6 is 11.3 Å². The summed E-state index contributed by atoms with van der Waals surface area (Å²) in [6.07, 6.45) is 0. The minimum atomic E-state index is 0.0141. The Morgan fingerprint density at radius 2 is 2.15 bits per heavy atom. The molecule has 0 aromatic carbocycles. The molecule has 2 aromatic rings. The van der Waals surface area contributed by atoms with Crippen LogP contribution in [0.3, 0.4) is 0 Å². The van der Waals surface area contributed by atoms with Crippen LogP contribution in [0.5, 0.6) is 0 Å². The van der Waals surface area contributed by atoms with Crippen LogP contribution in [0, 0.1) is 25.2 Å². The van der Waals surface area contributed by atoms with Crippen molar-refractivity contribution in [3.8, 4) is 6.07 Å². The van der Waals surface area contributed by atoms with E-state index >= 15 is 0 Å². The van der Waals surface area contributed by atoms with Crippen molar-refractivity contribution in [1.29, 1.82) is 5.26 Å². The lowest BCUT2D eigenvalue weighted by atomic mass is 9.91. The Morgan fingerprint density at radius 3 is 2.75 bits per heavy atom. The fourth-order valence-electron chi connectivity index (χ4n) is 2.16. The van der Waals surface area contributed by atoms with E-state index in [0.29, 0.717) is 11.4 Å². The Hall–Kier alpha value is -1.86. The number of anilines is 1. The molecule has 0 aliphatic carbocycles. The van der Waals surface area contributed by atoms with Gasteiger partial charge in [0, 0.05) is 22.5 Å². The summed E-state index contributed by atoms with van der Waals surface area (Å²) >= 11 is 1.76. The molecule has 0 radical (unpaired) electrons. The maximum atomic E-state index is 9.28. The highest BCUT2D eigenvalue weighted by Gasteiger charge is 2.22. The minimum Gasteiger partial charge on any atom is -0.368 e. The van der Waals surface area contributed by atoms with Crippen LogP contribution in [-0.2, 0) is 5.41 Å². The van der Waals surface area contributed by atoms with Crippen LogP contribution in [0.25, 0.3) is 0 Å². The quantitative estimate of drug-likeness (QED) is 0.923. The first-order valence-electron chi connectivity index (χ1n) is 6.60. The van der Waals surface area contributed by atoms with Crippen LogP contribution in [-0.4, -0.2) is 11.5 Å². The van der Waals surface area contributed by atoms with Gasteiger partial charge in [-0.05, 0) is 36.9 Å². The second-order valence-electron chi connectivity index (χ2n) is 5.63. The lowest BCUT2D eigenvalue weighted by Gasteiger charge is -2.24. The molecule has 0 fully saturated rings. The molecule has 0 atom stereocenters. The number of aryl methyl sites for hydroxylation is 2. The Labute approximate surface area is 124 Å². The molecule has 2 heterocycles. The van der Waals surface area contributed by atoms with E-state index in [0.717, 1.165) is 17.8 Å². The summed E-state index contributed by atoms with van der Waals surface area (Å²) in [4.78, 5) is 5.79. The highest BCUT2D eigenvalue weighted by Crippen LogP contribution is 2.28. The summed E-state index contributed by atoms with van der Waals surface area (Å²) in [6.45, 7) is 9.03. The molecule has 2 aromatic heterocycles. The largest absolute Gasteiger partial charge is 0.368 e. The van der Waals surface area contributed by atoms with E-state index in [1.54, 1.807) is 11.3 Å². The van der Waals surface area contributed by atoms with Gasteiger partial charge in [-0.2, -0.15) is 5.26 Å². The van der Waals surface area contributed by atoms with Crippen LogP contribution in [0.1, 0.15) is 35.5 Å². The van der Waals surface area contributed by atoms with E-state index in [4.69, 9.17) is 0 Å². The lowest BCUT2D eigenvalue weighted by Crippen LogP contribution is -2.27. The zero-order valence-electron chi connectivity index (χ0n) is 12.3. The summed E-state index contributed by atoms with van der Waals surface area (Å²) < 4.78 is 0. The van der Waals surface area contributed by atoms with Gasteiger partial charge in [0.1, 0.15) is 11.9 Å². The zero-order valence-corrected chi connectivity index (χ0v) is 13.1. The van der Waals surface area contributed by atoms with Crippen molar-refractivity contribution >= 4 is 17.2 Å². The molecule has 0 aliphatic heterocycles. The fourth-order valence-corrected chi connectivity index (χ4v) is 3.01. The highest BCUT2D eigenvalue weighted by molar-refractivity contribution is 7.10. The van der Waals surface area contributed by atoms with Crippen molar-refractivity contribution < 1.29 is 0 Å². The molecule has 0 spiro atoms. The molecule has 0 saturated carbocycles. The van der Waals surface area contributed by atoms with Crippen molar-refractivity contribution in [3.63, 3.8) is 0 Å². The number of aromatic nitrogens is 1. The van der Waals surface area contributed by atoms with Crippen LogP contribution in [0.15, 0.2) is 23.6 Å². The maximum absolute atomic E-state index is 9.28. The molecule has 0 amide bonds. The predicted octanol–water partition coefficient (Wildman–Crippen LogP) is 4.02. The van der Waals surface area contributed by atoms with Gasteiger partial charge < -0.3 is 5.32 Å². The van der Waals surface area contributed by atoms with Gasteiger partial charge in [0.05, 0.1) is 5.56 Å². The minimum absolute atomic E-state index is 0.0141. The second kappa shape index (κ2) is 5.64. The SMILES string of the molecule is Cc1cc(C)c(C#N)c(NCC(C)(C)c2cccs2)n1. The molecule has 2 rings (SSSR count). The van der Waals surface area contributed by atoms with Crippen LogP contribution in [0.4, 0.5) is 5.82 Å². The molecule has 0 bridgehead atoms. The van der Waals surface area contributed by atoms with E-state index < -0.39 is 0 Å². The van der Waals surface area contributed by atoms with Gasteiger partial charge in [-0.25, -0.2) is 4.98 Å². The Bertz CT molecular complexity index is 636. The molecule has 20 heavy (non-hydrogen) atoms. The number of nitrogens with one attached hydrogen (secondary N) is 1. The van der Waals surface area contributed by atoms with Gasteiger partial charge in [-0.15, -0.1) is 11.3 Å². The highest BCUT2D eigenvalue weighted by atomic mass is 32.1. The van der Waals surface area contributed by atoms with E-state index in [1.165, 1.54) is 4.88 Å². The molecular weight excluding hydrogens is 266 g/mol. The number of hydrogen-bond donors (Lipinski definition) is 1. The Morgan fingerprint density at radius 1 is 1.40 bits per heavy atom. The van der Waals surface area contributed by atoms with Gasteiger partial charge in [0.2, 0.25) is 0 Å². The summed E-state index contributed by atoms with van der Waals surface area (Å²) in [5.41, 5.74) is 2.55. The lowest BCUT2D eigenvalue weighted by molar-refractivity contribution is 0.568. The normalized spacial score (nSPS) is 11.2. The van der Waals surface area contributed by atoms with E-state index in [2.05, 4.69) is 47.7 Å². The molecule has 4 heteroatoms. The molecule has 0 aliphatic rings. The molecule has 0 unspecified atom stereocenters. The van der Waals surface area contributed by atoms with Gasteiger partial charge in [0.25, 0.3) is 0 Å². The van der Waals surface area contributed by atoms with Gasteiger partial charge in [-0.1, -0.05) is 19.9 Å². The third-order valence-corrected chi connectivity index (χ3v) is 4.58.